The lowest BCUT2D eigenvalue weighted by atomic mass is 10.0. The lowest BCUT2D eigenvalue weighted by molar-refractivity contribution is 0.200. The van der Waals surface area contributed by atoms with Crippen LogP contribution in [0.15, 0.2) is 30.3 Å². The SMILES string of the molecule is CCC1CCC(c2ccccc2)N1CC. The fourth-order valence-electron chi connectivity index (χ4n) is 2.89. The summed E-state index contributed by atoms with van der Waals surface area (Å²) in [4.78, 5) is 2.66. The summed E-state index contributed by atoms with van der Waals surface area (Å²) in [5.41, 5.74) is 1.50. The molecule has 0 N–H and O–H groups in total. The minimum atomic E-state index is 0.668. The van der Waals surface area contributed by atoms with E-state index in [9.17, 15) is 0 Å². The molecule has 0 aromatic heterocycles. The molecule has 2 atom stereocenters. The van der Waals surface area contributed by atoms with Crippen LogP contribution in [0, 0.1) is 0 Å². The van der Waals surface area contributed by atoms with Gasteiger partial charge in [0.15, 0.2) is 0 Å². The van der Waals surface area contributed by atoms with E-state index in [0.29, 0.717) is 6.04 Å². The minimum absolute atomic E-state index is 0.668. The van der Waals surface area contributed by atoms with E-state index in [0.717, 1.165) is 6.04 Å². The van der Waals surface area contributed by atoms with Crippen LogP contribution in [0.3, 0.4) is 0 Å². The first kappa shape index (κ1) is 10.7. The smallest absolute Gasteiger partial charge is 0.0351 e. The third kappa shape index (κ3) is 2.07. The zero-order chi connectivity index (χ0) is 10.7. The molecular weight excluding hydrogens is 182 g/mol. The van der Waals surface area contributed by atoms with Gasteiger partial charge in [-0.05, 0) is 31.4 Å². The van der Waals surface area contributed by atoms with Crippen molar-refractivity contribution < 1.29 is 0 Å². The summed E-state index contributed by atoms with van der Waals surface area (Å²) in [6.45, 7) is 5.77. The molecule has 0 amide bonds. The fraction of sp³-hybridized carbons (Fsp3) is 0.571. The van der Waals surface area contributed by atoms with E-state index < -0.39 is 0 Å². The first-order chi connectivity index (χ1) is 7.36. The fourth-order valence-corrected chi connectivity index (χ4v) is 2.89. The van der Waals surface area contributed by atoms with Gasteiger partial charge in [0.2, 0.25) is 0 Å². The van der Waals surface area contributed by atoms with Gasteiger partial charge in [0.1, 0.15) is 0 Å². The Morgan fingerprint density at radius 2 is 1.87 bits per heavy atom. The summed E-state index contributed by atoms with van der Waals surface area (Å²) in [6, 6.07) is 12.4. The van der Waals surface area contributed by atoms with Gasteiger partial charge in [-0.25, -0.2) is 0 Å². The second-order valence-corrected chi connectivity index (χ2v) is 4.40. The van der Waals surface area contributed by atoms with E-state index >= 15 is 0 Å². The van der Waals surface area contributed by atoms with Crippen molar-refractivity contribution in [2.75, 3.05) is 6.54 Å². The molecule has 0 spiro atoms. The summed E-state index contributed by atoms with van der Waals surface area (Å²) in [5.74, 6) is 0. The summed E-state index contributed by atoms with van der Waals surface area (Å²) >= 11 is 0. The highest BCUT2D eigenvalue weighted by Gasteiger charge is 2.31. The zero-order valence-corrected chi connectivity index (χ0v) is 9.82. The van der Waals surface area contributed by atoms with Crippen LogP contribution in [0.5, 0.6) is 0 Å². The Morgan fingerprint density at radius 1 is 1.13 bits per heavy atom. The summed E-state index contributed by atoms with van der Waals surface area (Å²) in [5, 5.41) is 0. The van der Waals surface area contributed by atoms with Crippen LogP contribution >= 0.6 is 0 Å². The highest BCUT2D eigenvalue weighted by atomic mass is 15.2. The average molecular weight is 203 g/mol. The maximum Gasteiger partial charge on any atom is 0.0351 e. The van der Waals surface area contributed by atoms with Gasteiger partial charge in [-0.2, -0.15) is 0 Å². The predicted octanol–water partition coefficient (Wildman–Crippen LogP) is 3.62. The monoisotopic (exact) mass is 203 g/mol. The van der Waals surface area contributed by atoms with Crippen molar-refractivity contribution >= 4 is 0 Å². The molecule has 1 saturated heterocycles. The largest absolute Gasteiger partial charge is 0.294 e. The van der Waals surface area contributed by atoms with Crippen molar-refractivity contribution in [1.82, 2.24) is 4.90 Å². The number of hydrogen-bond donors (Lipinski definition) is 0. The van der Waals surface area contributed by atoms with Crippen LogP contribution in [0.25, 0.3) is 0 Å². The first-order valence-corrected chi connectivity index (χ1v) is 6.17. The number of rotatable bonds is 3. The molecule has 82 valence electrons. The van der Waals surface area contributed by atoms with Crippen LogP contribution in [0.4, 0.5) is 0 Å². The lowest BCUT2D eigenvalue weighted by Crippen LogP contribution is -2.30. The van der Waals surface area contributed by atoms with Crippen molar-refractivity contribution in [2.24, 2.45) is 0 Å². The highest BCUT2D eigenvalue weighted by Crippen LogP contribution is 2.36. The van der Waals surface area contributed by atoms with Crippen LogP contribution in [-0.2, 0) is 0 Å². The Bertz CT molecular complexity index is 293. The quantitative estimate of drug-likeness (QED) is 0.725. The molecule has 1 nitrogen and oxygen atoms in total. The van der Waals surface area contributed by atoms with Crippen molar-refractivity contribution in [1.29, 1.82) is 0 Å². The summed E-state index contributed by atoms with van der Waals surface area (Å²) in [7, 11) is 0. The van der Waals surface area contributed by atoms with Crippen molar-refractivity contribution in [3.8, 4) is 0 Å². The van der Waals surface area contributed by atoms with Gasteiger partial charge in [0.25, 0.3) is 0 Å². The molecular formula is C14H21N. The molecule has 1 aromatic rings. The van der Waals surface area contributed by atoms with Crippen LogP contribution in [0.1, 0.15) is 44.7 Å². The van der Waals surface area contributed by atoms with Crippen molar-refractivity contribution in [3.05, 3.63) is 35.9 Å². The molecule has 1 aromatic carbocycles. The van der Waals surface area contributed by atoms with Crippen LogP contribution in [-0.4, -0.2) is 17.5 Å². The Balaban J connectivity index is 2.17. The average Bonchev–Trinajstić information content (AvgIpc) is 2.72. The van der Waals surface area contributed by atoms with Gasteiger partial charge in [0.05, 0.1) is 0 Å². The molecule has 1 fully saturated rings. The van der Waals surface area contributed by atoms with E-state index in [1.165, 1.54) is 31.4 Å². The third-order valence-corrected chi connectivity index (χ3v) is 3.66. The molecule has 1 aliphatic heterocycles. The molecule has 1 heterocycles. The lowest BCUT2D eigenvalue weighted by Gasteiger charge is -2.28. The Kier molecular flexibility index (Phi) is 3.42. The predicted molar refractivity (Wildman–Crippen MR) is 64.9 cm³/mol. The highest BCUT2D eigenvalue weighted by molar-refractivity contribution is 5.20. The normalized spacial score (nSPS) is 27.1. The van der Waals surface area contributed by atoms with Gasteiger partial charge < -0.3 is 0 Å². The van der Waals surface area contributed by atoms with Gasteiger partial charge >= 0.3 is 0 Å². The Hall–Kier alpha value is -0.820. The number of hydrogen-bond acceptors (Lipinski definition) is 1. The van der Waals surface area contributed by atoms with E-state index in [1.54, 1.807) is 0 Å². The molecule has 0 saturated carbocycles. The summed E-state index contributed by atoms with van der Waals surface area (Å²) in [6.07, 6.45) is 3.98. The first-order valence-electron chi connectivity index (χ1n) is 6.17. The van der Waals surface area contributed by atoms with E-state index in [4.69, 9.17) is 0 Å². The number of likely N-dealkylation sites (tertiary alicyclic amines) is 1. The van der Waals surface area contributed by atoms with Crippen LogP contribution in [0.2, 0.25) is 0 Å². The van der Waals surface area contributed by atoms with Crippen molar-refractivity contribution in [2.45, 2.75) is 45.2 Å². The maximum atomic E-state index is 2.66. The second kappa shape index (κ2) is 4.80. The van der Waals surface area contributed by atoms with Crippen molar-refractivity contribution in [3.63, 3.8) is 0 Å². The molecule has 2 rings (SSSR count). The molecule has 15 heavy (non-hydrogen) atoms. The third-order valence-electron chi connectivity index (χ3n) is 3.66. The molecule has 2 unspecified atom stereocenters. The standard InChI is InChI=1S/C14H21N/c1-3-13-10-11-14(15(13)4-2)12-8-6-5-7-9-12/h5-9,13-14H,3-4,10-11H2,1-2H3. The van der Waals surface area contributed by atoms with Gasteiger partial charge in [-0.3, -0.25) is 4.90 Å². The number of benzene rings is 1. The summed E-state index contributed by atoms with van der Waals surface area (Å²) < 4.78 is 0. The minimum Gasteiger partial charge on any atom is -0.294 e. The molecule has 0 radical (unpaired) electrons. The molecule has 0 bridgehead atoms. The molecule has 1 aliphatic rings. The van der Waals surface area contributed by atoms with Gasteiger partial charge in [0, 0.05) is 12.1 Å². The van der Waals surface area contributed by atoms with E-state index in [1.807, 2.05) is 0 Å². The number of nitrogens with zero attached hydrogens (tertiary/aromatic N) is 1. The van der Waals surface area contributed by atoms with Gasteiger partial charge in [-0.15, -0.1) is 0 Å². The van der Waals surface area contributed by atoms with E-state index in [-0.39, 0.29) is 0 Å². The molecule has 0 aliphatic carbocycles. The van der Waals surface area contributed by atoms with Gasteiger partial charge in [-0.1, -0.05) is 44.2 Å². The van der Waals surface area contributed by atoms with Crippen LogP contribution < -0.4 is 0 Å². The Morgan fingerprint density at radius 3 is 2.47 bits per heavy atom. The second-order valence-electron chi connectivity index (χ2n) is 4.40. The maximum absolute atomic E-state index is 2.66. The molecule has 1 heteroatoms. The Labute approximate surface area is 93.1 Å². The topological polar surface area (TPSA) is 3.24 Å². The zero-order valence-electron chi connectivity index (χ0n) is 9.82. The van der Waals surface area contributed by atoms with E-state index in [2.05, 4.69) is 49.1 Å².